The van der Waals surface area contributed by atoms with Crippen molar-refractivity contribution < 1.29 is 14.4 Å². The largest absolute Gasteiger partial charge is 0.328 e. The van der Waals surface area contributed by atoms with E-state index in [0.717, 1.165) is 6.42 Å². The first-order valence-corrected chi connectivity index (χ1v) is 7.51. The van der Waals surface area contributed by atoms with Crippen LogP contribution in [0.1, 0.15) is 19.3 Å². The molecule has 3 aliphatic rings. The first kappa shape index (κ1) is 13.3. The number of urea groups is 1. The molecule has 22 heavy (non-hydrogen) atoms. The van der Waals surface area contributed by atoms with Crippen LogP contribution in [-0.4, -0.2) is 62.6 Å². The Labute approximate surface area is 127 Å². The number of aryl methyl sites for hydroxylation is 1. The SMILES string of the molecule is Cn1cc(N2CC[C@@H](N3C(=O)[C@H]4CCCN4C3=O)C2=O)cn1. The Morgan fingerprint density at radius 1 is 1.09 bits per heavy atom. The van der Waals surface area contributed by atoms with Crippen molar-refractivity contribution >= 4 is 23.5 Å². The fraction of sp³-hybridized carbons (Fsp3) is 0.571. The zero-order valence-electron chi connectivity index (χ0n) is 12.3. The molecule has 4 amide bonds. The summed E-state index contributed by atoms with van der Waals surface area (Å²) in [5, 5.41) is 4.06. The van der Waals surface area contributed by atoms with Gasteiger partial charge in [-0.05, 0) is 19.3 Å². The number of hydrogen-bond acceptors (Lipinski definition) is 4. The van der Waals surface area contributed by atoms with Crippen LogP contribution in [0, 0.1) is 0 Å². The van der Waals surface area contributed by atoms with E-state index >= 15 is 0 Å². The fourth-order valence-electron chi connectivity index (χ4n) is 3.64. The predicted molar refractivity (Wildman–Crippen MR) is 75.9 cm³/mol. The number of nitrogens with zero attached hydrogens (tertiary/aromatic N) is 5. The minimum atomic E-state index is -0.675. The van der Waals surface area contributed by atoms with Crippen LogP contribution in [0.3, 0.4) is 0 Å². The number of fused-ring (bicyclic) bond motifs is 1. The molecule has 116 valence electrons. The summed E-state index contributed by atoms with van der Waals surface area (Å²) < 4.78 is 1.62. The van der Waals surface area contributed by atoms with Crippen LogP contribution in [0.25, 0.3) is 0 Å². The lowest BCUT2D eigenvalue weighted by Gasteiger charge is -2.21. The zero-order valence-corrected chi connectivity index (χ0v) is 12.3. The summed E-state index contributed by atoms with van der Waals surface area (Å²) in [5.74, 6) is -0.412. The highest BCUT2D eigenvalue weighted by molar-refractivity contribution is 6.10. The van der Waals surface area contributed by atoms with Gasteiger partial charge in [0.1, 0.15) is 12.1 Å². The van der Waals surface area contributed by atoms with Gasteiger partial charge in [0.05, 0.1) is 11.9 Å². The summed E-state index contributed by atoms with van der Waals surface area (Å²) >= 11 is 0. The van der Waals surface area contributed by atoms with Gasteiger partial charge in [-0.15, -0.1) is 0 Å². The maximum atomic E-state index is 12.6. The van der Waals surface area contributed by atoms with Crippen LogP contribution in [-0.2, 0) is 16.6 Å². The average molecular weight is 303 g/mol. The smallest absolute Gasteiger partial charge is 0.312 e. The molecule has 0 N–H and O–H groups in total. The molecular weight excluding hydrogens is 286 g/mol. The standard InChI is InChI=1S/C14H17N5O3/c1-16-8-9(7-15-16)17-6-4-11(12(17)20)19-13(21)10-3-2-5-18(10)14(19)22/h7-8,10-11H,2-6H2,1H3/t10-,11-/m1/s1. The highest BCUT2D eigenvalue weighted by Gasteiger charge is 2.53. The van der Waals surface area contributed by atoms with Crippen LogP contribution in [0.15, 0.2) is 12.4 Å². The number of anilines is 1. The van der Waals surface area contributed by atoms with Crippen molar-refractivity contribution in [1.29, 1.82) is 0 Å². The van der Waals surface area contributed by atoms with Gasteiger partial charge in [-0.25, -0.2) is 9.69 Å². The molecule has 8 nitrogen and oxygen atoms in total. The maximum Gasteiger partial charge on any atom is 0.328 e. The van der Waals surface area contributed by atoms with E-state index < -0.39 is 6.04 Å². The minimum Gasteiger partial charge on any atom is -0.312 e. The van der Waals surface area contributed by atoms with E-state index in [9.17, 15) is 14.4 Å². The van der Waals surface area contributed by atoms with Crippen LogP contribution in [0.2, 0.25) is 0 Å². The highest BCUT2D eigenvalue weighted by Crippen LogP contribution is 2.32. The number of carbonyl (C=O) groups is 3. The molecule has 1 aromatic rings. The van der Waals surface area contributed by atoms with Gasteiger partial charge in [0.2, 0.25) is 0 Å². The molecule has 0 aliphatic carbocycles. The molecule has 3 fully saturated rings. The Hall–Kier alpha value is -2.38. The van der Waals surface area contributed by atoms with E-state index in [1.54, 1.807) is 33.9 Å². The van der Waals surface area contributed by atoms with Gasteiger partial charge in [-0.3, -0.25) is 14.3 Å². The number of carbonyl (C=O) groups excluding carboxylic acids is 3. The average Bonchev–Trinajstić information content (AvgIpc) is 3.21. The van der Waals surface area contributed by atoms with Crippen molar-refractivity contribution in [3.63, 3.8) is 0 Å². The molecule has 0 radical (unpaired) electrons. The van der Waals surface area contributed by atoms with E-state index in [1.165, 1.54) is 4.90 Å². The Morgan fingerprint density at radius 2 is 1.91 bits per heavy atom. The molecule has 0 bridgehead atoms. The lowest BCUT2D eigenvalue weighted by atomic mass is 10.1. The molecule has 3 saturated heterocycles. The second-order valence-electron chi connectivity index (χ2n) is 6.01. The van der Waals surface area contributed by atoms with E-state index in [2.05, 4.69) is 5.10 Å². The first-order chi connectivity index (χ1) is 10.6. The number of amides is 4. The molecular formula is C14H17N5O3. The number of hydrogen-bond donors (Lipinski definition) is 0. The third-order valence-corrected chi connectivity index (χ3v) is 4.72. The Kier molecular flexibility index (Phi) is 2.75. The summed E-state index contributed by atoms with van der Waals surface area (Å²) in [7, 11) is 1.78. The topological polar surface area (TPSA) is 78.8 Å². The molecule has 4 heterocycles. The molecule has 0 saturated carbocycles. The molecule has 1 aromatic heterocycles. The second kappa shape index (κ2) is 4.56. The lowest BCUT2D eigenvalue weighted by molar-refractivity contribution is -0.133. The number of rotatable bonds is 2. The third kappa shape index (κ3) is 1.69. The van der Waals surface area contributed by atoms with Crippen molar-refractivity contribution in [2.75, 3.05) is 18.0 Å². The maximum absolute atomic E-state index is 12.6. The normalized spacial score (nSPS) is 28.2. The Bertz CT molecular complexity index is 647. The van der Waals surface area contributed by atoms with E-state index in [1.807, 2.05) is 0 Å². The monoisotopic (exact) mass is 303 g/mol. The van der Waals surface area contributed by atoms with Crippen molar-refractivity contribution in [2.45, 2.75) is 31.3 Å². The number of aromatic nitrogens is 2. The van der Waals surface area contributed by atoms with Gasteiger partial charge in [0.25, 0.3) is 11.8 Å². The van der Waals surface area contributed by atoms with Gasteiger partial charge in [-0.2, -0.15) is 5.10 Å². The lowest BCUT2D eigenvalue weighted by Crippen LogP contribution is -2.46. The molecule has 0 spiro atoms. The van der Waals surface area contributed by atoms with Gasteiger partial charge in [0.15, 0.2) is 0 Å². The summed E-state index contributed by atoms with van der Waals surface area (Å²) in [6.45, 7) is 1.11. The molecule has 3 aliphatic heterocycles. The van der Waals surface area contributed by atoms with Crippen molar-refractivity contribution in [2.24, 2.45) is 7.05 Å². The van der Waals surface area contributed by atoms with E-state index in [0.29, 0.717) is 31.6 Å². The van der Waals surface area contributed by atoms with Gasteiger partial charge >= 0.3 is 6.03 Å². The van der Waals surface area contributed by atoms with Crippen LogP contribution in [0.5, 0.6) is 0 Å². The predicted octanol–water partition coefficient (Wildman–Crippen LogP) is -0.0480. The molecule has 0 unspecified atom stereocenters. The highest BCUT2D eigenvalue weighted by atomic mass is 16.2. The van der Waals surface area contributed by atoms with Crippen LogP contribution >= 0.6 is 0 Å². The fourth-order valence-corrected chi connectivity index (χ4v) is 3.64. The van der Waals surface area contributed by atoms with E-state index in [-0.39, 0.29) is 23.9 Å². The first-order valence-electron chi connectivity index (χ1n) is 7.51. The summed E-state index contributed by atoms with van der Waals surface area (Å²) in [6, 6.07) is -1.34. The minimum absolute atomic E-state index is 0.198. The summed E-state index contributed by atoms with van der Waals surface area (Å²) in [4.78, 5) is 41.9. The molecule has 0 aromatic carbocycles. The summed E-state index contributed by atoms with van der Waals surface area (Å²) in [6.07, 6.45) is 5.41. The summed E-state index contributed by atoms with van der Waals surface area (Å²) in [5.41, 5.74) is 0.703. The quantitative estimate of drug-likeness (QED) is 0.718. The Morgan fingerprint density at radius 3 is 2.59 bits per heavy atom. The van der Waals surface area contributed by atoms with Crippen molar-refractivity contribution in [1.82, 2.24) is 19.6 Å². The third-order valence-electron chi connectivity index (χ3n) is 4.72. The van der Waals surface area contributed by atoms with Gasteiger partial charge in [-0.1, -0.05) is 0 Å². The molecule has 2 atom stereocenters. The molecule has 8 heteroatoms. The number of imide groups is 1. The van der Waals surface area contributed by atoms with E-state index in [4.69, 9.17) is 0 Å². The van der Waals surface area contributed by atoms with Crippen LogP contribution in [0.4, 0.5) is 10.5 Å². The Balaban J connectivity index is 1.58. The van der Waals surface area contributed by atoms with Gasteiger partial charge < -0.3 is 9.80 Å². The zero-order chi connectivity index (χ0) is 15.4. The van der Waals surface area contributed by atoms with Crippen molar-refractivity contribution in [3.8, 4) is 0 Å². The van der Waals surface area contributed by atoms with Crippen LogP contribution < -0.4 is 4.90 Å². The van der Waals surface area contributed by atoms with Gasteiger partial charge in [0, 0.05) is 26.3 Å². The molecule has 4 rings (SSSR count). The van der Waals surface area contributed by atoms with Crippen molar-refractivity contribution in [3.05, 3.63) is 12.4 Å². The second-order valence-corrected chi connectivity index (χ2v) is 6.01.